The molecule has 0 spiro atoms. The van der Waals surface area contributed by atoms with Gasteiger partial charge in [0.15, 0.2) is 0 Å². The smallest absolute Gasteiger partial charge is 0.541 e. The van der Waals surface area contributed by atoms with Crippen LogP contribution in [0.4, 0.5) is 0 Å². The number of carbonyl (C=O) groups excluding carboxylic acids is 1. The van der Waals surface area contributed by atoms with Crippen LogP contribution in [0.1, 0.15) is 13.3 Å². The van der Waals surface area contributed by atoms with Gasteiger partial charge in [-0.2, -0.15) is 0 Å². The molecule has 0 aliphatic carbocycles. The van der Waals surface area contributed by atoms with E-state index in [1.54, 1.807) is 13.2 Å². The van der Waals surface area contributed by atoms with Gasteiger partial charge in [0.2, 0.25) is 0 Å². The summed E-state index contributed by atoms with van der Waals surface area (Å²) in [6.45, 7) is 13.0. The largest absolute Gasteiger partial charge is 3.00 e. The molecule has 0 aliphatic heterocycles. The first kappa shape index (κ1) is 23.5. The average Bonchev–Trinajstić information content (AvgIpc) is 1.58. The van der Waals surface area contributed by atoms with E-state index in [2.05, 4.69) is 13.1 Å². The van der Waals surface area contributed by atoms with Crippen LogP contribution in [-0.2, 0) is 37.5 Å². The van der Waals surface area contributed by atoms with E-state index in [1.165, 1.54) is 0 Å². The molecule has 0 bridgehead atoms. The van der Waals surface area contributed by atoms with Gasteiger partial charge in [0.05, 0.1) is 0 Å². The van der Waals surface area contributed by atoms with E-state index in [0.717, 1.165) is 5.57 Å². The Hall–Kier alpha value is 0.796. The molecular weight excluding hydrogens is 252 g/mol. The summed E-state index contributed by atoms with van der Waals surface area (Å²) in [5, 5.41) is 0. The van der Waals surface area contributed by atoms with Crippen LogP contribution in [0.5, 0.6) is 0 Å². The van der Waals surface area contributed by atoms with Gasteiger partial charge in [-0.15, -0.1) is 39.6 Å². The maximum Gasteiger partial charge on any atom is 3.00 e. The minimum Gasteiger partial charge on any atom is -0.541 e. The third-order valence-electron chi connectivity index (χ3n) is 0.374. The van der Waals surface area contributed by atoms with Crippen molar-refractivity contribution in [2.45, 2.75) is 26.4 Å². The summed E-state index contributed by atoms with van der Waals surface area (Å²) in [4.78, 5) is 9.43. The maximum absolute atomic E-state index is 9.43. The van der Waals surface area contributed by atoms with Gasteiger partial charge in [-0.05, 0) is 6.92 Å². The van der Waals surface area contributed by atoms with Crippen LogP contribution in [-0.4, -0.2) is 21.7 Å². The van der Waals surface area contributed by atoms with Crippen molar-refractivity contribution >= 4 is 21.7 Å². The van der Waals surface area contributed by atoms with Gasteiger partial charge in [0, 0.05) is 7.44 Å². The maximum atomic E-state index is 9.43. The quantitative estimate of drug-likeness (QED) is 0.427. The Balaban J connectivity index is -0.0000000546. The van der Waals surface area contributed by atoms with Crippen molar-refractivity contribution in [3.63, 3.8) is 0 Å². The topological polar surface area (TPSA) is 17.1 Å². The van der Waals surface area contributed by atoms with Crippen LogP contribution < -0.4 is 0 Å². The van der Waals surface area contributed by atoms with Gasteiger partial charge < -0.3 is 18.8 Å². The Morgan fingerprint density at radius 3 is 1.85 bits per heavy atom. The van der Waals surface area contributed by atoms with E-state index < -0.39 is 7.94 Å². The first-order valence-electron chi connectivity index (χ1n) is 3.41. The molecule has 0 N–H and O–H groups in total. The molecular formula is C9H18BOSiY. The molecule has 4 heteroatoms. The molecule has 0 aromatic rings. The molecule has 0 heterocycles. The van der Waals surface area contributed by atoms with E-state index in [1.807, 2.05) is 13.1 Å². The van der Waals surface area contributed by atoms with Crippen LogP contribution in [0.25, 0.3) is 0 Å². The fraction of sp³-hybridized carbons (Fsp3) is 0.444. The van der Waals surface area contributed by atoms with Gasteiger partial charge >= 0.3 is 32.7 Å². The van der Waals surface area contributed by atoms with E-state index in [-0.39, 0.29) is 40.1 Å². The van der Waals surface area contributed by atoms with Crippen molar-refractivity contribution in [3.8, 4) is 0 Å². The zero-order valence-corrected chi connectivity index (χ0v) is 13.0. The van der Waals surface area contributed by atoms with Crippen LogP contribution in [0.2, 0.25) is 13.1 Å². The summed E-state index contributed by atoms with van der Waals surface area (Å²) in [7, 11) is 4.02. The molecule has 0 unspecified atom stereocenters. The van der Waals surface area contributed by atoms with Crippen molar-refractivity contribution in [2.75, 3.05) is 0 Å². The molecule has 0 rings (SSSR count). The van der Waals surface area contributed by atoms with Gasteiger partial charge in [-0.1, -0.05) is 0 Å². The molecule has 13 heavy (non-hydrogen) atoms. The van der Waals surface area contributed by atoms with Crippen LogP contribution >= 0.6 is 0 Å². The summed E-state index contributed by atoms with van der Waals surface area (Å²) in [6.07, 6.45) is 2.09. The van der Waals surface area contributed by atoms with Gasteiger partial charge in [-0.3, -0.25) is 6.29 Å². The third-order valence-corrected chi connectivity index (χ3v) is 0.374. The van der Waals surface area contributed by atoms with Gasteiger partial charge in [-0.25, -0.2) is 0 Å². The van der Waals surface area contributed by atoms with Crippen LogP contribution in [0.3, 0.4) is 0 Å². The summed E-state index contributed by atoms with van der Waals surface area (Å²) < 4.78 is 0. The summed E-state index contributed by atoms with van der Waals surface area (Å²) in [6, 6.07) is 0. The summed E-state index contributed by atoms with van der Waals surface area (Å²) >= 11 is 0. The van der Waals surface area contributed by atoms with Crippen molar-refractivity contribution in [1.82, 2.24) is 0 Å². The monoisotopic (exact) mass is 270 g/mol. The Morgan fingerprint density at radius 1 is 1.62 bits per heavy atom. The van der Waals surface area contributed by atoms with Crippen molar-refractivity contribution in [1.29, 1.82) is 0 Å². The predicted molar refractivity (Wildman–Crippen MR) is 60.1 cm³/mol. The SMILES string of the molecule is C=C(C)C[C-]=O.[B][Si]([CH2-])(C)C.[CH3-].[Y+3]. The fourth-order valence-electron chi connectivity index (χ4n) is 0.123. The minimum absolute atomic E-state index is 0. The molecule has 0 aromatic heterocycles. The first-order chi connectivity index (χ1) is 4.77. The predicted octanol–water partition coefficient (Wildman–Crippen LogP) is 2.24. The second kappa shape index (κ2) is 12.8. The normalized spacial score (nSPS) is 8.00. The van der Waals surface area contributed by atoms with E-state index in [0.29, 0.717) is 6.42 Å². The number of hydrogen-bond acceptors (Lipinski definition) is 1. The molecule has 1 nitrogen and oxygen atoms in total. The van der Waals surface area contributed by atoms with E-state index in [9.17, 15) is 4.79 Å². The molecule has 0 amide bonds. The second-order valence-corrected chi connectivity index (χ2v) is 7.24. The van der Waals surface area contributed by atoms with E-state index in [4.69, 9.17) is 7.44 Å². The minimum atomic E-state index is -1.36. The second-order valence-electron chi connectivity index (χ2n) is 3.27. The Labute approximate surface area is 111 Å². The summed E-state index contributed by atoms with van der Waals surface area (Å²) in [5.41, 5.74) is 0.866. The Bertz CT molecular complexity index is 126. The molecule has 0 saturated heterocycles. The van der Waals surface area contributed by atoms with Crippen molar-refractivity contribution < 1.29 is 37.5 Å². The molecule has 0 aliphatic rings. The average molecular weight is 270 g/mol. The van der Waals surface area contributed by atoms with Gasteiger partial charge in [0.1, 0.15) is 0 Å². The van der Waals surface area contributed by atoms with Gasteiger partial charge in [0.25, 0.3) is 0 Å². The van der Waals surface area contributed by atoms with E-state index >= 15 is 0 Å². The molecule has 0 fully saturated rings. The Morgan fingerprint density at radius 2 is 1.85 bits per heavy atom. The molecule has 0 saturated carbocycles. The van der Waals surface area contributed by atoms with Crippen LogP contribution in [0.15, 0.2) is 12.2 Å². The van der Waals surface area contributed by atoms with Crippen LogP contribution in [0, 0.1) is 14.0 Å². The standard InChI is InChI=1S/C5H7O.C3H8BSi.CH3.Y/c1-5(2)3-4-6;1-5(2,3)4;;/h1,3H2,2H3;1H2,2-3H3;1H3;/q3*-1;+3. The zero-order chi connectivity index (χ0) is 9.49. The fourth-order valence-corrected chi connectivity index (χ4v) is 0.123. The molecule has 70 valence electrons. The number of hydrogen-bond donors (Lipinski definition) is 0. The summed E-state index contributed by atoms with van der Waals surface area (Å²) in [5.74, 6) is 0. The molecule has 0 aromatic carbocycles. The van der Waals surface area contributed by atoms with Crippen molar-refractivity contribution in [2.24, 2.45) is 0 Å². The zero-order valence-electron chi connectivity index (χ0n) is 9.18. The number of allylic oxidation sites excluding steroid dienone is 1. The Kier molecular flexibility index (Phi) is 23.2. The third kappa shape index (κ3) is 104. The number of rotatable bonds is 2. The molecule has 0 atom stereocenters. The van der Waals surface area contributed by atoms with Crippen molar-refractivity contribution in [3.05, 3.63) is 26.1 Å². The molecule has 2 radical (unpaired) electrons. The first-order valence-corrected chi connectivity index (χ1v) is 6.69.